The summed E-state index contributed by atoms with van der Waals surface area (Å²) in [6, 6.07) is 0. The SMILES string of the molecule is O=CN=C1C=CC(=C2C=CC(=NC(=O)O)C=C2)C=C1. The van der Waals surface area contributed by atoms with Gasteiger partial charge in [-0.1, -0.05) is 24.3 Å². The Hall–Kier alpha value is -2.82. The second kappa shape index (κ2) is 5.68. The van der Waals surface area contributed by atoms with Crippen LogP contribution in [0.2, 0.25) is 0 Å². The molecule has 2 aliphatic carbocycles. The number of nitrogens with zero attached hydrogens (tertiary/aromatic N) is 2. The lowest BCUT2D eigenvalue weighted by atomic mass is 9.98. The van der Waals surface area contributed by atoms with Crippen LogP contribution >= 0.6 is 0 Å². The predicted molar refractivity (Wildman–Crippen MR) is 72.5 cm³/mol. The zero-order chi connectivity index (χ0) is 13.7. The third-order valence-electron chi connectivity index (χ3n) is 2.49. The fourth-order valence-corrected chi connectivity index (χ4v) is 1.64. The van der Waals surface area contributed by atoms with Crippen molar-refractivity contribution in [1.82, 2.24) is 0 Å². The van der Waals surface area contributed by atoms with Crippen molar-refractivity contribution in [1.29, 1.82) is 0 Å². The molecule has 0 aliphatic heterocycles. The summed E-state index contributed by atoms with van der Waals surface area (Å²) in [5.74, 6) is 0. The number of allylic oxidation sites excluding steroid dienone is 10. The van der Waals surface area contributed by atoms with Crippen molar-refractivity contribution < 1.29 is 14.7 Å². The number of carbonyl (C=O) groups excluding carboxylic acids is 1. The standard InChI is InChI=1S/C14H10N2O3/c17-9-15-12-5-1-10(2-6-12)11-3-7-13(8-4-11)16-14(18)19/h1-9H,(H,18,19). The summed E-state index contributed by atoms with van der Waals surface area (Å²) in [4.78, 5) is 27.7. The molecular formula is C14H10N2O3. The van der Waals surface area contributed by atoms with Crippen LogP contribution < -0.4 is 0 Å². The Balaban J connectivity index is 2.21. The van der Waals surface area contributed by atoms with Crippen LogP contribution in [0.25, 0.3) is 0 Å². The van der Waals surface area contributed by atoms with Crippen molar-refractivity contribution >= 4 is 23.9 Å². The zero-order valence-electron chi connectivity index (χ0n) is 9.85. The second-order valence-corrected chi connectivity index (χ2v) is 3.72. The largest absolute Gasteiger partial charge is 0.463 e. The molecule has 1 N–H and O–H groups in total. The molecular weight excluding hydrogens is 244 g/mol. The molecule has 0 bridgehead atoms. The van der Waals surface area contributed by atoms with Crippen LogP contribution in [0.1, 0.15) is 0 Å². The molecule has 0 saturated heterocycles. The number of carboxylic acid groups (broad SMARTS) is 1. The van der Waals surface area contributed by atoms with E-state index in [0.717, 1.165) is 11.1 Å². The number of rotatable bonds is 1. The topological polar surface area (TPSA) is 79.1 Å². The quantitative estimate of drug-likeness (QED) is 0.729. The van der Waals surface area contributed by atoms with E-state index in [9.17, 15) is 9.59 Å². The molecule has 0 atom stereocenters. The van der Waals surface area contributed by atoms with Gasteiger partial charge >= 0.3 is 6.09 Å². The fourth-order valence-electron chi connectivity index (χ4n) is 1.64. The summed E-state index contributed by atoms with van der Waals surface area (Å²) in [5.41, 5.74) is 2.87. The van der Waals surface area contributed by atoms with Gasteiger partial charge in [-0.05, 0) is 35.5 Å². The molecule has 0 saturated carbocycles. The summed E-state index contributed by atoms with van der Waals surface area (Å²) < 4.78 is 0. The summed E-state index contributed by atoms with van der Waals surface area (Å²) in [6.45, 7) is 0. The molecule has 5 heteroatoms. The van der Waals surface area contributed by atoms with Gasteiger partial charge in [0.2, 0.25) is 6.41 Å². The Bertz CT molecular complexity index is 593. The number of carbonyl (C=O) groups is 2. The van der Waals surface area contributed by atoms with E-state index in [1.807, 2.05) is 12.2 Å². The number of amides is 2. The summed E-state index contributed by atoms with van der Waals surface area (Å²) in [6.07, 6.45) is 13.3. The number of hydrogen-bond acceptors (Lipinski definition) is 2. The Morgan fingerprint density at radius 3 is 1.79 bits per heavy atom. The van der Waals surface area contributed by atoms with E-state index in [-0.39, 0.29) is 0 Å². The van der Waals surface area contributed by atoms with Crippen molar-refractivity contribution in [3.63, 3.8) is 0 Å². The summed E-state index contributed by atoms with van der Waals surface area (Å²) in [5, 5.41) is 8.53. The highest BCUT2D eigenvalue weighted by molar-refractivity contribution is 6.10. The Labute approximate surface area is 109 Å². The number of hydrogen-bond donors (Lipinski definition) is 1. The maximum Gasteiger partial charge on any atom is 0.431 e. The lowest BCUT2D eigenvalue weighted by Gasteiger charge is -2.08. The molecule has 0 aromatic rings. The monoisotopic (exact) mass is 254 g/mol. The van der Waals surface area contributed by atoms with E-state index in [0.29, 0.717) is 17.8 Å². The first-order valence-electron chi connectivity index (χ1n) is 5.49. The molecule has 2 amide bonds. The van der Waals surface area contributed by atoms with Gasteiger partial charge in [-0.25, -0.2) is 9.79 Å². The summed E-state index contributed by atoms with van der Waals surface area (Å²) >= 11 is 0. The van der Waals surface area contributed by atoms with Crippen LogP contribution in [0.4, 0.5) is 4.79 Å². The van der Waals surface area contributed by atoms with Gasteiger partial charge in [-0.2, -0.15) is 4.99 Å². The molecule has 94 valence electrons. The van der Waals surface area contributed by atoms with Gasteiger partial charge in [-0.15, -0.1) is 0 Å². The molecule has 0 aromatic carbocycles. The van der Waals surface area contributed by atoms with E-state index in [1.165, 1.54) is 0 Å². The highest BCUT2D eigenvalue weighted by atomic mass is 16.4. The first-order valence-corrected chi connectivity index (χ1v) is 5.49. The highest BCUT2D eigenvalue weighted by Crippen LogP contribution is 2.17. The van der Waals surface area contributed by atoms with Gasteiger partial charge in [0.05, 0.1) is 11.4 Å². The fraction of sp³-hybridized carbons (Fsp3) is 0. The molecule has 0 radical (unpaired) electrons. The van der Waals surface area contributed by atoms with Gasteiger partial charge < -0.3 is 5.11 Å². The van der Waals surface area contributed by atoms with E-state index in [1.54, 1.807) is 36.5 Å². The average molecular weight is 254 g/mol. The Kier molecular flexibility index (Phi) is 3.78. The lowest BCUT2D eigenvalue weighted by molar-refractivity contribution is -0.106. The van der Waals surface area contributed by atoms with Gasteiger partial charge in [0, 0.05) is 0 Å². The molecule has 2 rings (SSSR count). The molecule has 0 unspecified atom stereocenters. The highest BCUT2D eigenvalue weighted by Gasteiger charge is 2.05. The average Bonchev–Trinajstić information content (AvgIpc) is 2.40. The normalized spacial score (nSPS) is 16.8. The van der Waals surface area contributed by atoms with Gasteiger partial charge in [0.25, 0.3) is 0 Å². The smallest absolute Gasteiger partial charge is 0.431 e. The third kappa shape index (κ3) is 3.32. The maximum absolute atomic E-state index is 10.4. The molecule has 2 aliphatic rings. The van der Waals surface area contributed by atoms with Crippen molar-refractivity contribution in [2.45, 2.75) is 0 Å². The van der Waals surface area contributed by atoms with Crippen LogP contribution in [0, 0.1) is 0 Å². The minimum atomic E-state index is -1.22. The summed E-state index contributed by atoms with van der Waals surface area (Å²) in [7, 11) is 0. The van der Waals surface area contributed by atoms with Gasteiger partial charge in [0.1, 0.15) is 0 Å². The Morgan fingerprint density at radius 2 is 1.37 bits per heavy atom. The van der Waals surface area contributed by atoms with Crippen LogP contribution in [0.3, 0.4) is 0 Å². The molecule has 5 nitrogen and oxygen atoms in total. The van der Waals surface area contributed by atoms with Crippen LogP contribution in [0.15, 0.2) is 69.7 Å². The third-order valence-corrected chi connectivity index (χ3v) is 2.49. The minimum absolute atomic E-state index is 0.392. The van der Waals surface area contributed by atoms with Crippen LogP contribution in [-0.4, -0.2) is 29.0 Å². The predicted octanol–water partition coefficient (Wildman–Crippen LogP) is 2.25. The van der Waals surface area contributed by atoms with Crippen molar-refractivity contribution in [3.8, 4) is 0 Å². The Morgan fingerprint density at radius 1 is 0.895 bits per heavy atom. The second-order valence-electron chi connectivity index (χ2n) is 3.72. The first-order chi connectivity index (χ1) is 9.19. The van der Waals surface area contributed by atoms with Crippen LogP contribution in [-0.2, 0) is 4.79 Å². The van der Waals surface area contributed by atoms with E-state index in [4.69, 9.17) is 5.11 Å². The molecule has 0 heterocycles. The van der Waals surface area contributed by atoms with Gasteiger partial charge in [-0.3, -0.25) is 4.79 Å². The first kappa shape index (κ1) is 12.6. The van der Waals surface area contributed by atoms with E-state index in [2.05, 4.69) is 9.98 Å². The van der Waals surface area contributed by atoms with Crippen LogP contribution in [0.5, 0.6) is 0 Å². The van der Waals surface area contributed by atoms with Gasteiger partial charge in [0.15, 0.2) is 0 Å². The van der Waals surface area contributed by atoms with Crippen molar-refractivity contribution in [2.24, 2.45) is 9.98 Å². The number of aliphatic imine (C=N–C) groups is 2. The molecule has 19 heavy (non-hydrogen) atoms. The molecule has 0 aromatic heterocycles. The maximum atomic E-state index is 10.4. The molecule has 0 spiro atoms. The molecule has 0 fully saturated rings. The van der Waals surface area contributed by atoms with E-state index < -0.39 is 6.09 Å². The zero-order valence-corrected chi connectivity index (χ0v) is 9.85. The van der Waals surface area contributed by atoms with Crippen molar-refractivity contribution in [3.05, 3.63) is 59.8 Å². The minimum Gasteiger partial charge on any atom is -0.463 e. The lowest BCUT2D eigenvalue weighted by Crippen LogP contribution is -2.00. The van der Waals surface area contributed by atoms with Crippen molar-refractivity contribution in [2.75, 3.05) is 0 Å². The van der Waals surface area contributed by atoms with E-state index >= 15 is 0 Å².